The Bertz CT molecular complexity index is 633. The van der Waals surface area contributed by atoms with Crippen molar-refractivity contribution >= 4 is 33.2 Å². The predicted octanol–water partition coefficient (Wildman–Crippen LogP) is 3.09. The molecule has 4 nitrogen and oxygen atoms in total. The van der Waals surface area contributed by atoms with Crippen molar-refractivity contribution in [2.75, 3.05) is 13.2 Å². The summed E-state index contributed by atoms with van der Waals surface area (Å²) in [4.78, 5) is 15.9. The van der Waals surface area contributed by atoms with Gasteiger partial charge in [-0.05, 0) is 25.1 Å². The lowest BCUT2D eigenvalue weighted by atomic mass is 10.3. The molecule has 0 bridgehead atoms. The van der Waals surface area contributed by atoms with Gasteiger partial charge in [-0.25, -0.2) is 9.37 Å². The first-order valence-corrected chi connectivity index (χ1v) is 7.97. The lowest BCUT2D eigenvalue weighted by molar-refractivity contribution is -0.123. The monoisotopic (exact) mass is 372 g/mol. The molecule has 0 saturated heterocycles. The maximum Gasteiger partial charge on any atom is 0.257 e. The summed E-state index contributed by atoms with van der Waals surface area (Å²) < 4.78 is 19.2. The summed E-state index contributed by atoms with van der Waals surface area (Å²) in [6.07, 6.45) is 0.669. The molecule has 7 heteroatoms. The van der Waals surface area contributed by atoms with Gasteiger partial charge >= 0.3 is 0 Å². The van der Waals surface area contributed by atoms with Crippen LogP contribution >= 0.6 is 27.3 Å². The molecule has 0 fully saturated rings. The SMILES string of the molecule is Cc1nc(CCNC(=O)COc2ccc(Br)cc2F)cs1. The Morgan fingerprint density at radius 2 is 2.33 bits per heavy atom. The molecule has 21 heavy (non-hydrogen) atoms. The Balaban J connectivity index is 1.72. The number of carbonyl (C=O) groups is 1. The summed E-state index contributed by atoms with van der Waals surface area (Å²) in [5.41, 5.74) is 0.956. The number of rotatable bonds is 6. The Labute approximate surface area is 134 Å². The van der Waals surface area contributed by atoms with Gasteiger partial charge < -0.3 is 10.1 Å². The van der Waals surface area contributed by atoms with Gasteiger partial charge in [-0.1, -0.05) is 15.9 Å². The summed E-state index contributed by atoms with van der Waals surface area (Å²) >= 11 is 4.73. The minimum absolute atomic E-state index is 0.0588. The van der Waals surface area contributed by atoms with E-state index in [1.54, 1.807) is 17.4 Å². The van der Waals surface area contributed by atoms with Crippen molar-refractivity contribution in [3.63, 3.8) is 0 Å². The van der Waals surface area contributed by atoms with E-state index >= 15 is 0 Å². The molecule has 0 unspecified atom stereocenters. The average molecular weight is 373 g/mol. The van der Waals surface area contributed by atoms with Crippen molar-refractivity contribution in [3.05, 3.63) is 44.6 Å². The number of hydrogen-bond acceptors (Lipinski definition) is 4. The second-order valence-electron chi connectivity index (χ2n) is 4.32. The van der Waals surface area contributed by atoms with Crippen molar-refractivity contribution < 1.29 is 13.9 Å². The van der Waals surface area contributed by atoms with Crippen LogP contribution in [0.25, 0.3) is 0 Å². The van der Waals surface area contributed by atoms with Crippen molar-refractivity contribution in [2.24, 2.45) is 0 Å². The number of halogens is 2. The van der Waals surface area contributed by atoms with Gasteiger partial charge in [0.2, 0.25) is 0 Å². The quantitative estimate of drug-likeness (QED) is 0.847. The van der Waals surface area contributed by atoms with E-state index in [9.17, 15) is 9.18 Å². The fraction of sp³-hybridized carbons (Fsp3) is 0.286. The van der Waals surface area contributed by atoms with Crippen LogP contribution in [0.5, 0.6) is 5.75 Å². The van der Waals surface area contributed by atoms with Gasteiger partial charge in [0.15, 0.2) is 18.2 Å². The zero-order valence-electron chi connectivity index (χ0n) is 11.4. The van der Waals surface area contributed by atoms with Crippen molar-refractivity contribution in [3.8, 4) is 5.75 Å². The summed E-state index contributed by atoms with van der Waals surface area (Å²) in [6.45, 7) is 2.20. The number of ether oxygens (including phenoxy) is 1. The molecule has 0 aliphatic heterocycles. The summed E-state index contributed by atoms with van der Waals surface area (Å²) in [6, 6.07) is 4.42. The van der Waals surface area contributed by atoms with Crippen LogP contribution in [0, 0.1) is 12.7 Å². The maximum atomic E-state index is 13.5. The number of nitrogens with one attached hydrogen (secondary N) is 1. The molecule has 0 spiro atoms. The zero-order valence-corrected chi connectivity index (χ0v) is 13.8. The standard InChI is InChI=1S/C14H14BrFN2O2S/c1-9-18-11(8-21-9)4-5-17-14(19)7-20-13-3-2-10(15)6-12(13)16/h2-3,6,8H,4-5,7H2,1H3,(H,17,19). The Kier molecular flexibility index (Phi) is 5.69. The van der Waals surface area contributed by atoms with Gasteiger partial charge in [0.25, 0.3) is 5.91 Å². The molecule has 0 radical (unpaired) electrons. The third-order valence-corrected chi connectivity index (χ3v) is 3.94. The molecule has 1 heterocycles. The highest BCUT2D eigenvalue weighted by atomic mass is 79.9. The number of amides is 1. The molecule has 1 aromatic heterocycles. The topological polar surface area (TPSA) is 51.2 Å². The lowest BCUT2D eigenvalue weighted by Gasteiger charge is -2.08. The smallest absolute Gasteiger partial charge is 0.257 e. The van der Waals surface area contributed by atoms with Crippen LogP contribution in [0.4, 0.5) is 4.39 Å². The fourth-order valence-corrected chi connectivity index (χ4v) is 2.62. The van der Waals surface area contributed by atoms with E-state index in [0.29, 0.717) is 17.4 Å². The van der Waals surface area contributed by atoms with Gasteiger partial charge in [0.05, 0.1) is 10.7 Å². The van der Waals surface area contributed by atoms with Gasteiger partial charge in [-0.2, -0.15) is 0 Å². The number of carbonyl (C=O) groups excluding carboxylic acids is 1. The molecular formula is C14H14BrFN2O2S. The van der Waals surface area contributed by atoms with Crippen LogP contribution in [-0.2, 0) is 11.2 Å². The Hall–Kier alpha value is -1.47. The fourth-order valence-electron chi connectivity index (χ4n) is 1.64. The molecule has 1 aromatic carbocycles. The highest BCUT2D eigenvalue weighted by Gasteiger charge is 2.07. The molecule has 0 aliphatic rings. The summed E-state index contributed by atoms with van der Waals surface area (Å²) in [5, 5.41) is 5.68. The molecule has 0 saturated carbocycles. The second-order valence-corrected chi connectivity index (χ2v) is 6.30. The first kappa shape index (κ1) is 15.9. The van der Waals surface area contributed by atoms with E-state index in [2.05, 4.69) is 26.2 Å². The minimum atomic E-state index is -0.505. The third-order valence-electron chi connectivity index (χ3n) is 2.62. The summed E-state index contributed by atoms with van der Waals surface area (Å²) in [5.74, 6) is -0.733. The van der Waals surface area contributed by atoms with E-state index in [0.717, 1.165) is 10.7 Å². The Morgan fingerprint density at radius 1 is 1.52 bits per heavy atom. The second kappa shape index (κ2) is 7.51. The number of aryl methyl sites for hydroxylation is 1. The molecule has 0 atom stereocenters. The number of nitrogens with zero attached hydrogens (tertiary/aromatic N) is 1. The lowest BCUT2D eigenvalue weighted by Crippen LogP contribution is -2.30. The molecule has 1 N–H and O–H groups in total. The van der Waals surface area contributed by atoms with Gasteiger partial charge in [0.1, 0.15) is 0 Å². The number of thiazole rings is 1. The molecule has 2 aromatic rings. The van der Waals surface area contributed by atoms with E-state index in [1.807, 2.05) is 12.3 Å². The highest BCUT2D eigenvalue weighted by molar-refractivity contribution is 9.10. The van der Waals surface area contributed by atoms with Gasteiger partial charge in [-0.3, -0.25) is 4.79 Å². The molecular weight excluding hydrogens is 359 g/mol. The van der Waals surface area contributed by atoms with Crippen LogP contribution in [0.15, 0.2) is 28.1 Å². The first-order chi connectivity index (χ1) is 10.0. The van der Waals surface area contributed by atoms with Crippen LogP contribution in [0.2, 0.25) is 0 Å². The third kappa shape index (κ3) is 5.09. The molecule has 1 amide bonds. The van der Waals surface area contributed by atoms with Gasteiger partial charge in [0, 0.05) is 22.8 Å². The summed E-state index contributed by atoms with van der Waals surface area (Å²) in [7, 11) is 0. The average Bonchev–Trinajstić information content (AvgIpc) is 2.83. The minimum Gasteiger partial charge on any atom is -0.481 e. The van der Waals surface area contributed by atoms with Crippen LogP contribution in [0.3, 0.4) is 0 Å². The molecule has 0 aliphatic carbocycles. The highest BCUT2D eigenvalue weighted by Crippen LogP contribution is 2.21. The number of hydrogen-bond donors (Lipinski definition) is 1. The van der Waals surface area contributed by atoms with Crippen LogP contribution in [0.1, 0.15) is 10.7 Å². The van der Waals surface area contributed by atoms with E-state index in [4.69, 9.17) is 4.74 Å². The first-order valence-electron chi connectivity index (χ1n) is 6.30. The Morgan fingerprint density at radius 3 is 3.00 bits per heavy atom. The number of aromatic nitrogens is 1. The maximum absolute atomic E-state index is 13.5. The normalized spacial score (nSPS) is 10.4. The van der Waals surface area contributed by atoms with E-state index < -0.39 is 5.82 Å². The molecule has 2 rings (SSSR count). The van der Waals surface area contributed by atoms with Crippen molar-refractivity contribution in [2.45, 2.75) is 13.3 Å². The van der Waals surface area contributed by atoms with E-state index in [-0.39, 0.29) is 18.3 Å². The van der Waals surface area contributed by atoms with Crippen molar-refractivity contribution in [1.29, 1.82) is 0 Å². The van der Waals surface area contributed by atoms with E-state index in [1.165, 1.54) is 12.1 Å². The number of benzene rings is 1. The molecule has 112 valence electrons. The van der Waals surface area contributed by atoms with Gasteiger partial charge in [-0.15, -0.1) is 11.3 Å². The van der Waals surface area contributed by atoms with Crippen LogP contribution < -0.4 is 10.1 Å². The zero-order chi connectivity index (χ0) is 15.2. The van der Waals surface area contributed by atoms with Crippen LogP contribution in [-0.4, -0.2) is 24.0 Å². The van der Waals surface area contributed by atoms with Crippen molar-refractivity contribution in [1.82, 2.24) is 10.3 Å². The largest absolute Gasteiger partial charge is 0.481 e. The predicted molar refractivity (Wildman–Crippen MR) is 83.2 cm³/mol.